The first-order valence-electron chi connectivity index (χ1n) is 8.06. The van der Waals surface area contributed by atoms with Crippen LogP contribution in [0.25, 0.3) is 0 Å². The second-order valence-electron chi connectivity index (χ2n) is 6.07. The highest BCUT2D eigenvalue weighted by Crippen LogP contribution is 2.38. The predicted molar refractivity (Wildman–Crippen MR) is 96.6 cm³/mol. The summed E-state index contributed by atoms with van der Waals surface area (Å²) in [6, 6.07) is 13.8. The Labute approximate surface area is 156 Å². The second kappa shape index (κ2) is 7.63. The summed E-state index contributed by atoms with van der Waals surface area (Å²) in [6.45, 7) is 1.81. The van der Waals surface area contributed by atoms with Gasteiger partial charge in [0, 0.05) is 22.0 Å². The molecule has 1 aliphatic carbocycles. The van der Waals surface area contributed by atoms with Gasteiger partial charge < -0.3 is 4.74 Å². The quantitative estimate of drug-likeness (QED) is 0.654. The minimum Gasteiger partial charge on any atom is -0.444 e. The largest absolute Gasteiger partial charge is 0.444 e. The van der Waals surface area contributed by atoms with Gasteiger partial charge in [-0.15, -0.1) is 0 Å². The molecule has 0 bridgehead atoms. The van der Waals surface area contributed by atoms with Crippen LogP contribution in [0.1, 0.15) is 30.5 Å². The number of benzene rings is 2. The molecule has 0 N–H and O–H groups in total. The number of hydrogen-bond donors (Lipinski definition) is 0. The normalized spacial score (nSPS) is 20.0. The predicted octanol–water partition coefficient (Wildman–Crippen LogP) is 5.80. The summed E-state index contributed by atoms with van der Waals surface area (Å²) >= 11 is 12.2. The first kappa shape index (κ1) is 18.0. The van der Waals surface area contributed by atoms with Gasteiger partial charge in [-0.1, -0.05) is 59.6 Å². The molecular weight excluding hydrogens is 364 g/mol. The maximum absolute atomic E-state index is 13.7. The summed E-state index contributed by atoms with van der Waals surface area (Å²) in [6.07, 6.45) is -1.25. The summed E-state index contributed by atoms with van der Waals surface area (Å²) in [4.78, 5) is 14.1. The van der Waals surface area contributed by atoms with Crippen LogP contribution < -0.4 is 0 Å². The molecule has 3 rings (SSSR count). The molecule has 1 fully saturated rings. The van der Waals surface area contributed by atoms with Gasteiger partial charge in [0.1, 0.15) is 12.8 Å². The number of nitrogens with zero attached hydrogens (tertiary/aromatic N) is 1. The van der Waals surface area contributed by atoms with Crippen molar-refractivity contribution in [3.05, 3.63) is 69.7 Å². The highest BCUT2D eigenvalue weighted by molar-refractivity contribution is 6.35. The highest BCUT2D eigenvalue weighted by Gasteiger charge is 2.47. The van der Waals surface area contributed by atoms with Crippen molar-refractivity contribution in [1.82, 2.24) is 4.90 Å². The first-order chi connectivity index (χ1) is 12.0. The molecule has 0 aromatic heterocycles. The van der Waals surface area contributed by atoms with Gasteiger partial charge in [0.25, 0.3) is 0 Å². The average molecular weight is 382 g/mol. The fourth-order valence-electron chi connectivity index (χ4n) is 2.79. The van der Waals surface area contributed by atoms with Crippen LogP contribution in [-0.2, 0) is 11.3 Å². The van der Waals surface area contributed by atoms with Crippen molar-refractivity contribution in [2.45, 2.75) is 38.2 Å². The van der Waals surface area contributed by atoms with Crippen molar-refractivity contribution in [3.63, 3.8) is 0 Å². The lowest BCUT2D eigenvalue weighted by Crippen LogP contribution is -2.37. The highest BCUT2D eigenvalue weighted by atomic mass is 35.5. The summed E-state index contributed by atoms with van der Waals surface area (Å²) in [5.41, 5.74) is 1.47. The maximum atomic E-state index is 13.7. The molecule has 6 heteroatoms. The third kappa shape index (κ3) is 4.07. The molecule has 1 saturated carbocycles. The third-order valence-electron chi connectivity index (χ3n) is 4.35. The molecule has 0 radical (unpaired) electrons. The standard InChI is InChI=1S/C19H18Cl2FNO2/c1-12(13-6-3-2-4-7-13)23(18-10-17(18)22)19(24)25-11-14-15(20)8-5-9-16(14)21/h2-9,12,17-18H,10-11H2,1H3/t12-,17?,18?/m0/s1. The van der Waals surface area contributed by atoms with Gasteiger partial charge in [0.15, 0.2) is 0 Å². The number of rotatable bonds is 5. The molecular formula is C19H18Cl2FNO2. The van der Waals surface area contributed by atoms with E-state index >= 15 is 0 Å². The molecule has 2 aromatic rings. The Kier molecular flexibility index (Phi) is 5.50. The lowest BCUT2D eigenvalue weighted by molar-refractivity contribution is 0.0761. The molecule has 1 aliphatic rings. The topological polar surface area (TPSA) is 29.5 Å². The van der Waals surface area contributed by atoms with Gasteiger partial charge in [-0.3, -0.25) is 4.90 Å². The Balaban J connectivity index is 1.74. The van der Waals surface area contributed by atoms with E-state index < -0.39 is 18.3 Å². The Morgan fingerprint density at radius 1 is 1.20 bits per heavy atom. The fraction of sp³-hybridized carbons (Fsp3) is 0.316. The van der Waals surface area contributed by atoms with Crippen molar-refractivity contribution in [2.75, 3.05) is 0 Å². The van der Waals surface area contributed by atoms with Gasteiger partial charge in [-0.2, -0.15) is 0 Å². The SMILES string of the molecule is C[C@@H](c1ccccc1)N(C(=O)OCc1c(Cl)cccc1Cl)C1CC1F. The summed E-state index contributed by atoms with van der Waals surface area (Å²) in [7, 11) is 0. The van der Waals surface area contributed by atoms with E-state index in [1.165, 1.54) is 4.90 Å². The Morgan fingerprint density at radius 2 is 1.80 bits per heavy atom. The van der Waals surface area contributed by atoms with Crippen LogP contribution in [0.4, 0.5) is 9.18 Å². The Hall–Kier alpha value is -1.78. The smallest absolute Gasteiger partial charge is 0.410 e. The summed E-state index contributed by atoms with van der Waals surface area (Å²) in [5, 5.41) is 0.857. The minimum absolute atomic E-state index is 0.0565. The average Bonchev–Trinajstić information content (AvgIpc) is 3.31. The number of carbonyl (C=O) groups excluding carboxylic acids is 1. The van der Waals surface area contributed by atoms with Crippen LogP contribution in [-0.4, -0.2) is 23.2 Å². The van der Waals surface area contributed by atoms with Gasteiger partial charge >= 0.3 is 6.09 Å². The first-order valence-corrected chi connectivity index (χ1v) is 8.81. The number of hydrogen-bond acceptors (Lipinski definition) is 2. The van der Waals surface area contributed by atoms with E-state index in [0.717, 1.165) is 5.56 Å². The number of amides is 1. The zero-order chi connectivity index (χ0) is 18.0. The lowest BCUT2D eigenvalue weighted by Gasteiger charge is -2.29. The van der Waals surface area contributed by atoms with Crippen LogP contribution in [0.15, 0.2) is 48.5 Å². The van der Waals surface area contributed by atoms with E-state index in [1.807, 2.05) is 37.3 Å². The van der Waals surface area contributed by atoms with Gasteiger partial charge in [0.2, 0.25) is 0 Å². The molecule has 25 heavy (non-hydrogen) atoms. The molecule has 0 aliphatic heterocycles. The molecule has 0 heterocycles. The van der Waals surface area contributed by atoms with Crippen LogP contribution in [0.3, 0.4) is 0 Å². The van der Waals surface area contributed by atoms with Crippen LogP contribution in [0.2, 0.25) is 10.0 Å². The maximum Gasteiger partial charge on any atom is 0.410 e. The number of ether oxygens (including phenoxy) is 1. The van der Waals surface area contributed by atoms with Crippen molar-refractivity contribution in [1.29, 1.82) is 0 Å². The molecule has 0 spiro atoms. The Morgan fingerprint density at radius 3 is 2.36 bits per heavy atom. The van der Waals surface area contributed by atoms with Gasteiger partial charge in [-0.25, -0.2) is 9.18 Å². The van der Waals surface area contributed by atoms with E-state index in [0.29, 0.717) is 22.0 Å². The van der Waals surface area contributed by atoms with Crippen molar-refractivity contribution >= 4 is 29.3 Å². The second-order valence-corrected chi connectivity index (χ2v) is 6.88. The Bertz CT molecular complexity index is 736. The number of alkyl halides is 1. The molecule has 3 nitrogen and oxygen atoms in total. The monoisotopic (exact) mass is 381 g/mol. The lowest BCUT2D eigenvalue weighted by atomic mass is 10.1. The molecule has 132 valence electrons. The zero-order valence-corrected chi connectivity index (χ0v) is 15.2. The van der Waals surface area contributed by atoms with Crippen LogP contribution in [0, 0.1) is 0 Å². The van der Waals surface area contributed by atoms with E-state index in [-0.39, 0.29) is 12.6 Å². The van der Waals surface area contributed by atoms with E-state index in [4.69, 9.17) is 27.9 Å². The van der Waals surface area contributed by atoms with Crippen LogP contribution in [0.5, 0.6) is 0 Å². The van der Waals surface area contributed by atoms with Gasteiger partial charge in [-0.05, 0) is 24.6 Å². The van der Waals surface area contributed by atoms with Gasteiger partial charge in [0.05, 0.1) is 12.1 Å². The molecule has 2 unspecified atom stereocenters. The summed E-state index contributed by atoms with van der Waals surface area (Å²) in [5.74, 6) is 0. The van der Waals surface area contributed by atoms with E-state index in [1.54, 1.807) is 18.2 Å². The van der Waals surface area contributed by atoms with Crippen molar-refractivity contribution in [2.24, 2.45) is 0 Å². The zero-order valence-electron chi connectivity index (χ0n) is 13.7. The van der Waals surface area contributed by atoms with Crippen LogP contribution >= 0.6 is 23.2 Å². The number of carbonyl (C=O) groups is 1. The van der Waals surface area contributed by atoms with E-state index in [2.05, 4.69) is 0 Å². The third-order valence-corrected chi connectivity index (χ3v) is 5.06. The fourth-order valence-corrected chi connectivity index (χ4v) is 3.30. The minimum atomic E-state index is -1.01. The summed E-state index contributed by atoms with van der Waals surface area (Å²) < 4.78 is 19.1. The van der Waals surface area contributed by atoms with Crippen molar-refractivity contribution in [3.8, 4) is 0 Å². The van der Waals surface area contributed by atoms with Crippen molar-refractivity contribution < 1.29 is 13.9 Å². The number of halogens is 3. The molecule has 0 saturated heterocycles. The molecule has 1 amide bonds. The molecule has 3 atom stereocenters. The van der Waals surface area contributed by atoms with E-state index in [9.17, 15) is 9.18 Å². The molecule has 2 aromatic carbocycles.